The predicted molar refractivity (Wildman–Crippen MR) is 113 cm³/mol. The number of hydrogen-bond donors (Lipinski definition) is 0. The van der Waals surface area contributed by atoms with E-state index < -0.39 is 23.2 Å². The Balaban J connectivity index is 0.00000140. The topological polar surface area (TPSA) is 0 Å². The molecule has 1 aromatic rings. The van der Waals surface area contributed by atoms with E-state index in [1.165, 1.54) is 44.4 Å². The molecular formula is C24H31Cl2PZr. The van der Waals surface area contributed by atoms with Crippen LogP contribution in [0.5, 0.6) is 0 Å². The summed E-state index contributed by atoms with van der Waals surface area (Å²) in [5.74, 6) is 0.891. The summed E-state index contributed by atoms with van der Waals surface area (Å²) in [5.41, 5.74) is 5.10. The summed E-state index contributed by atoms with van der Waals surface area (Å²) in [6.45, 7) is 4.76. The Morgan fingerprint density at radius 3 is 2.54 bits per heavy atom. The van der Waals surface area contributed by atoms with Crippen LogP contribution in [0, 0.1) is 5.92 Å². The molecule has 0 spiro atoms. The second-order valence-corrected chi connectivity index (χ2v) is 14.4. The fourth-order valence-electron chi connectivity index (χ4n) is 4.96. The second kappa shape index (κ2) is 11.7. The molecule has 3 unspecified atom stereocenters. The SMILES string of the molecule is CCCP(CCC)C1=Cc2ccccc2[CH]1[Zr+2][CH]1CCC2CC=CC=C21.[Cl-].[Cl-]. The molecular weight excluding hydrogens is 481 g/mol. The van der Waals surface area contributed by atoms with Crippen LogP contribution in [0.2, 0.25) is 3.63 Å². The van der Waals surface area contributed by atoms with E-state index >= 15 is 0 Å². The summed E-state index contributed by atoms with van der Waals surface area (Å²) in [6.07, 6.45) is 19.7. The first-order valence-corrected chi connectivity index (χ1v) is 15.0. The van der Waals surface area contributed by atoms with E-state index in [4.69, 9.17) is 0 Å². The third kappa shape index (κ3) is 5.14. The third-order valence-corrected chi connectivity index (χ3v) is 14.7. The Morgan fingerprint density at radius 1 is 1.04 bits per heavy atom. The van der Waals surface area contributed by atoms with Gasteiger partial charge < -0.3 is 24.8 Å². The van der Waals surface area contributed by atoms with E-state index in [0.717, 1.165) is 13.2 Å². The van der Waals surface area contributed by atoms with E-state index in [9.17, 15) is 0 Å². The zero-order valence-electron chi connectivity index (χ0n) is 17.0. The van der Waals surface area contributed by atoms with Gasteiger partial charge in [-0.15, -0.1) is 0 Å². The van der Waals surface area contributed by atoms with Gasteiger partial charge in [-0.2, -0.15) is 0 Å². The molecule has 1 fully saturated rings. The van der Waals surface area contributed by atoms with Crippen LogP contribution in [0.1, 0.15) is 60.7 Å². The summed E-state index contributed by atoms with van der Waals surface area (Å²) in [5, 5.41) is 1.90. The van der Waals surface area contributed by atoms with Gasteiger partial charge >= 0.3 is 173 Å². The van der Waals surface area contributed by atoms with Crippen molar-refractivity contribution in [2.75, 3.05) is 12.3 Å². The molecule has 4 heteroatoms. The molecule has 0 amide bonds. The number of rotatable bonds is 7. The van der Waals surface area contributed by atoms with Crippen LogP contribution in [0.4, 0.5) is 0 Å². The number of fused-ring (bicyclic) bond motifs is 2. The maximum absolute atomic E-state index is 2.64. The number of benzene rings is 1. The van der Waals surface area contributed by atoms with Crippen molar-refractivity contribution < 1.29 is 48.0 Å². The van der Waals surface area contributed by atoms with E-state index in [-0.39, 0.29) is 32.7 Å². The minimum absolute atomic E-state index is 0. The standard InChI is InChI=1S/C15H20P.C9H11.2ClH.Zr/c1-3-9-16(10-4-2)15-11-13-7-5-6-8-14(13)12-15;1-2-5-9-7-3-6-8(9)4-1;;;/h5-8,11-12H,3-4,9-10H2,1-2H3;1-2,4,6,9H,3,5,7H2;2*1H;/q;;;;+2/p-2. The molecule has 0 radical (unpaired) electrons. The fraction of sp³-hybridized carbons (Fsp3) is 0.500. The Kier molecular flexibility index (Phi) is 10.2. The average Bonchev–Trinajstić information content (AvgIpc) is 3.24. The average molecular weight is 513 g/mol. The van der Waals surface area contributed by atoms with Crippen LogP contribution in [0.15, 0.2) is 53.4 Å². The van der Waals surface area contributed by atoms with Crippen molar-refractivity contribution in [2.24, 2.45) is 5.92 Å². The molecule has 0 aliphatic heterocycles. The minimum atomic E-state index is -0.534. The van der Waals surface area contributed by atoms with Gasteiger partial charge in [0.05, 0.1) is 0 Å². The molecule has 0 nitrogen and oxygen atoms in total. The Morgan fingerprint density at radius 2 is 1.79 bits per heavy atom. The summed E-state index contributed by atoms with van der Waals surface area (Å²) in [6, 6.07) is 9.35. The van der Waals surface area contributed by atoms with Gasteiger partial charge in [0.1, 0.15) is 0 Å². The molecule has 3 aliphatic carbocycles. The monoisotopic (exact) mass is 510 g/mol. The summed E-state index contributed by atoms with van der Waals surface area (Å²) in [7, 11) is 0.0831. The molecule has 1 saturated carbocycles. The third-order valence-electron chi connectivity index (χ3n) is 6.15. The van der Waals surface area contributed by atoms with Crippen LogP contribution in [0.25, 0.3) is 6.08 Å². The van der Waals surface area contributed by atoms with E-state index in [2.05, 4.69) is 62.4 Å². The molecule has 28 heavy (non-hydrogen) atoms. The van der Waals surface area contributed by atoms with Gasteiger partial charge in [0, 0.05) is 0 Å². The van der Waals surface area contributed by atoms with Crippen LogP contribution in [0.3, 0.4) is 0 Å². The van der Waals surface area contributed by atoms with Gasteiger partial charge in [-0.1, -0.05) is 0 Å². The zero-order chi connectivity index (χ0) is 17.9. The summed E-state index contributed by atoms with van der Waals surface area (Å²) >= 11 is -0.534. The Bertz CT molecular complexity index is 734. The maximum atomic E-state index is 2.64. The van der Waals surface area contributed by atoms with Crippen LogP contribution >= 0.6 is 7.92 Å². The number of halogens is 2. The molecule has 4 rings (SSSR count). The molecule has 0 N–H and O–H groups in total. The normalized spacial score (nSPS) is 24.5. The van der Waals surface area contributed by atoms with Crippen LogP contribution < -0.4 is 24.8 Å². The van der Waals surface area contributed by atoms with Crippen molar-refractivity contribution in [1.29, 1.82) is 0 Å². The van der Waals surface area contributed by atoms with E-state index in [1.807, 2.05) is 10.9 Å². The van der Waals surface area contributed by atoms with E-state index in [0.29, 0.717) is 0 Å². The molecule has 0 heterocycles. The Hall–Kier alpha value is 0.333. The smallest absolute Gasteiger partial charge is 1.00 e. The van der Waals surface area contributed by atoms with Crippen LogP contribution in [-0.2, 0) is 23.2 Å². The largest absolute Gasteiger partial charge is 1.00 e. The molecule has 3 aliphatic rings. The second-order valence-electron chi connectivity index (χ2n) is 7.94. The molecule has 1 aromatic carbocycles. The minimum Gasteiger partial charge on any atom is -1.00 e. The maximum Gasteiger partial charge on any atom is -1.00 e. The van der Waals surface area contributed by atoms with Crippen molar-refractivity contribution >= 4 is 14.0 Å². The molecule has 0 bridgehead atoms. The molecule has 3 atom stereocenters. The van der Waals surface area contributed by atoms with Crippen molar-refractivity contribution in [1.82, 2.24) is 0 Å². The van der Waals surface area contributed by atoms with Gasteiger partial charge in [0.2, 0.25) is 0 Å². The van der Waals surface area contributed by atoms with Crippen LogP contribution in [-0.4, -0.2) is 12.3 Å². The Labute approximate surface area is 196 Å². The quantitative estimate of drug-likeness (QED) is 0.487. The van der Waals surface area contributed by atoms with Gasteiger partial charge in [0.15, 0.2) is 0 Å². The number of allylic oxidation sites excluding steroid dienone is 5. The van der Waals surface area contributed by atoms with Crippen molar-refractivity contribution in [2.45, 2.75) is 53.2 Å². The van der Waals surface area contributed by atoms with Gasteiger partial charge in [-0.25, -0.2) is 0 Å². The molecule has 150 valence electrons. The number of hydrogen-bond acceptors (Lipinski definition) is 0. The first-order valence-electron chi connectivity index (χ1n) is 10.5. The van der Waals surface area contributed by atoms with Crippen molar-refractivity contribution in [3.63, 3.8) is 0 Å². The van der Waals surface area contributed by atoms with E-state index in [1.54, 1.807) is 11.1 Å². The predicted octanol–water partition coefficient (Wildman–Crippen LogP) is 1.56. The fourth-order valence-corrected chi connectivity index (χ4v) is 14.2. The van der Waals surface area contributed by atoms with Gasteiger partial charge in [0.25, 0.3) is 0 Å². The molecule has 0 aromatic heterocycles. The zero-order valence-corrected chi connectivity index (χ0v) is 21.9. The first kappa shape index (κ1) is 24.6. The first-order chi connectivity index (χ1) is 12.8. The molecule has 0 saturated heterocycles. The summed E-state index contributed by atoms with van der Waals surface area (Å²) in [4.78, 5) is 0. The van der Waals surface area contributed by atoms with Gasteiger partial charge in [-0.05, 0) is 0 Å². The van der Waals surface area contributed by atoms with Crippen molar-refractivity contribution in [3.05, 3.63) is 64.5 Å². The summed E-state index contributed by atoms with van der Waals surface area (Å²) < 4.78 is 1.84. The van der Waals surface area contributed by atoms with Gasteiger partial charge in [-0.3, -0.25) is 0 Å². The van der Waals surface area contributed by atoms with Crippen molar-refractivity contribution in [3.8, 4) is 0 Å².